The number of methoxy groups -OCH3 is 1. The van der Waals surface area contributed by atoms with Gasteiger partial charge in [-0.05, 0) is 19.2 Å². The molecule has 1 aromatic heterocycles. The van der Waals surface area contributed by atoms with Gasteiger partial charge in [-0.1, -0.05) is 17.3 Å². The summed E-state index contributed by atoms with van der Waals surface area (Å²) in [6.07, 6.45) is -7.09. The molecular formula is C14H16F3N3O3. The maximum Gasteiger partial charge on any atom is 0.415 e. The number of aliphatic hydroxyl groups excluding tert-OH is 1. The lowest BCUT2D eigenvalue weighted by atomic mass is 10.2. The van der Waals surface area contributed by atoms with Gasteiger partial charge in [0.05, 0.1) is 19.2 Å². The van der Waals surface area contributed by atoms with E-state index < -0.39 is 18.8 Å². The third-order valence-electron chi connectivity index (χ3n) is 3.08. The van der Waals surface area contributed by atoms with E-state index in [0.717, 1.165) is 0 Å². The van der Waals surface area contributed by atoms with Crippen molar-refractivity contribution in [3.05, 3.63) is 30.2 Å². The van der Waals surface area contributed by atoms with Gasteiger partial charge in [-0.3, -0.25) is 4.90 Å². The third-order valence-corrected chi connectivity index (χ3v) is 3.08. The smallest absolute Gasteiger partial charge is 0.415 e. The Morgan fingerprint density at radius 1 is 1.35 bits per heavy atom. The minimum atomic E-state index is -4.66. The van der Waals surface area contributed by atoms with Crippen molar-refractivity contribution >= 4 is 0 Å². The number of benzene rings is 1. The summed E-state index contributed by atoms with van der Waals surface area (Å²) in [5, 5.41) is 12.8. The number of hydrogen-bond acceptors (Lipinski definition) is 6. The molecule has 0 radical (unpaired) electrons. The molecule has 1 N–H and O–H groups in total. The summed E-state index contributed by atoms with van der Waals surface area (Å²) in [6, 6.07) is 7.04. The summed E-state index contributed by atoms with van der Waals surface area (Å²) < 4.78 is 47.2. The maximum atomic E-state index is 12.3. The summed E-state index contributed by atoms with van der Waals surface area (Å²) in [4.78, 5) is 5.38. The number of ether oxygens (including phenoxy) is 1. The van der Waals surface area contributed by atoms with Crippen LogP contribution in [0.1, 0.15) is 5.89 Å². The van der Waals surface area contributed by atoms with Gasteiger partial charge < -0.3 is 14.4 Å². The third kappa shape index (κ3) is 4.42. The summed E-state index contributed by atoms with van der Waals surface area (Å²) in [6.45, 7) is -0.606. The topological polar surface area (TPSA) is 71.6 Å². The van der Waals surface area contributed by atoms with Crippen molar-refractivity contribution in [2.24, 2.45) is 0 Å². The molecule has 0 spiro atoms. The molecule has 2 aromatic rings. The minimum Gasteiger partial charge on any atom is -0.496 e. The SMILES string of the molecule is COc1ccccc1-c1noc(CN(C)CC(O)C(F)(F)F)n1. The van der Waals surface area contributed by atoms with Gasteiger partial charge in [-0.2, -0.15) is 18.2 Å². The largest absolute Gasteiger partial charge is 0.496 e. The first-order chi connectivity index (χ1) is 10.8. The van der Waals surface area contributed by atoms with Crippen LogP contribution in [0.2, 0.25) is 0 Å². The Kier molecular flexibility index (Phi) is 5.22. The molecule has 0 fully saturated rings. The number of rotatable bonds is 6. The average molecular weight is 331 g/mol. The lowest BCUT2D eigenvalue weighted by Gasteiger charge is -2.20. The number of likely N-dealkylation sites (N-methyl/N-ethyl adjacent to an activating group) is 1. The number of para-hydroxylation sites is 1. The van der Waals surface area contributed by atoms with Crippen molar-refractivity contribution in [1.29, 1.82) is 0 Å². The van der Waals surface area contributed by atoms with E-state index in [-0.39, 0.29) is 18.3 Å². The van der Waals surface area contributed by atoms with E-state index >= 15 is 0 Å². The van der Waals surface area contributed by atoms with E-state index in [1.807, 2.05) is 0 Å². The van der Waals surface area contributed by atoms with Crippen molar-refractivity contribution in [3.8, 4) is 17.1 Å². The molecule has 9 heteroatoms. The maximum absolute atomic E-state index is 12.3. The van der Waals surface area contributed by atoms with Crippen LogP contribution in [0.25, 0.3) is 11.4 Å². The minimum absolute atomic E-state index is 0.0186. The normalized spacial score (nSPS) is 13.3. The van der Waals surface area contributed by atoms with E-state index in [4.69, 9.17) is 14.4 Å². The first-order valence-electron chi connectivity index (χ1n) is 6.70. The fourth-order valence-corrected chi connectivity index (χ4v) is 1.95. The van der Waals surface area contributed by atoms with Crippen LogP contribution < -0.4 is 4.74 Å². The van der Waals surface area contributed by atoms with Gasteiger partial charge in [0.15, 0.2) is 6.10 Å². The molecule has 0 aliphatic carbocycles. The molecule has 6 nitrogen and oxygen atoms in total. The van der Waals surface area contributed by atoms with Crippen LogP contribution in [0.5, 0.6) is 5.75 Å². The standard InChI is InChI=1S/C14H16F3N3O3/c1-20(7-11(21)14(15,16)17)8-12-18-13(19-23-12)9-5-3-4-6-10(9)22-2/h3-6,11,21H,7-8H2,1-2H3. The Hall–Kier alpha value is -2.13. The van der Waals surface area contributed by atoms with Crippen LogP contribution in [-0.4, -0.2) is 53.1 Å². The predicted octanol–water partition coefficient (Wildman–Crippen LogP) is 2.10. The van der Waals surface area contributed by atoms with E-state index in [2.05, 4.69) is 10.1 Å². The van der Waals surface area contributed by atoms with Crippen molar-refractivity contribution in [1.82, 2.24) is 15.0 Å². The van der Waals surface area contributed by atoms with Gasteiger partial charge in [0.2, 0.25) is 11.7 Å². The lowest BCUT2D eigenvalue weighted by molar-refractivity contribution is -0.207. The van der Waals surface area contributed by atoms with E-state index in [9.17, 15) is 13.2 Å². The van der Waals surface area contributed by atoms with Crippen LogP contribution in [0.3, 0.4) is 0 Å². The number of alkyl halides is 3. The average Bonchev–Trinajstić information content (AvgIpc) is 2.94. The van der Waals surface area contributed by atoms with Gasteiger partial charge >= 0.3 is 6.18 Å². The Labute approximate surface area is 130 Å². The predicted molar refractivity (Wildman–Crippen MR) is 74.7 cm³/mol. The molecule has 0 amide bonds. The Balaban J connectivity index is 2.05. The van der Waals surface area contributed by atoms with Crippen molar-refractivity contribution in [2.45, 2.75) is 18.8 Å². The second-order valence-corrected chi connectivity index (χ2v) is 4.97. The molecule has 0 aliphatic rings. The summed E-state index contributed by atoms with van der Waals surface area (Å²) in [5.74, 6) is 0.977. The molecule has 0 saturated heterocycles. The molecule has 126 valence electrons. The summed E-state index contributed by atoms with van der Waals surface area (Å²) >= 11 is 0. The van der Waals surface area contributed by atoms with E-state index in [1.165, 1.54) is 19.1 Å². The van der Waals surface area contributed by atoms with Crippen molar-refractivity contribution in [2.75, 3.05) is 20.7 Å². The van der Waals surface area contributed by atoms with Crippen LogP contribution in [0.15, 0.2) is 28.8 Å². The Bertz CT molecular complexity index is 645. The second kappa shape index (κ2) is 6.97. The Morgan fingerprint density at radius 2 is 2.04 bits per heavy atom. The fraction of sp³-hybridized carbons (Fsp3) is 0.429. The van der Waals surface area contributed by atoms with Gasteiger partial charge in [0, 0.05) is 6.54 Å². The van der Waals surface area contributed by atoms with Crippen LogP contribution in [0.4, 0.5) is 13.2 Å². The van der Waals surface area contributed by atoms with Gasteiger partial charge in [0.25, 0.3) is 0 Å². The molecular weight excluding hydrogens is 315 g/mol. The number of aliphatic hydroxyl groups is 1. The van der Waals surface area contributed by atoms with Crippen molar-refractivity contribution in [3.63, 3.8) is 0 Å². The molecule has 1 aromatic carbocycles. The van der Waals surface area contributed by atoms with Crippen molar-refractivity contribution < 1.29 is 27.5 Å². The quantitative estimate of drug-likeness (QED) is 0.874. The van der Waals surface area contributed by atoms with Gasteiger partial charge in [-0.15, -0.1) is 0 Å². The molecule has 23 heavy (non-hydrogen) atoms. The van der Waals surface area contributed by atoms with Crippen LogP contribution in [0, 0.1) is 0 Å². The zero-order valence-corrected chi connectivity index (χ0v) is 12.5. The molecule has 0 aliphatic heterocycles. The molecule has 1 unspecified atom stereocenters. The molecule has 2 rings (SSSR count). The zero-order chi connectivity index (χ0) is 17.0. The molecule has 0 bridgehead atoms. The molecule has 1 atom stereocenters. The second-order valence-electron chi connectivity index (χ2n) is 4.97. The van der Waals surface area contributed by atoms with Gasteiger partial charge in [-0.25, -0.2) is 0 Å². The highest BCUT2D eigenvalue weighted by molar-refractivity contribution is 5.63. The van der Waals surface area contributed by atoms with E-state index in [1.54, 1.807) is 24.3 Å². The summed E-state index contributed by atoms with van der Waals surface area (Å²) in [7, 11) is 2.92. The van der Waals surface area contributed by atoms with Crippen LogP contribution in [-0.2, 0) is 6.54 Å². The Morgan fingerprint density at radius 3 is 2.70 bits per heavy atom. The molecule has 1 heterocycles. The fourth-order valence-electron chi connectivity index (χ4n) is 1.95. The number of aromatic nitrogens is 2. The highest BCUT2D eigenvalue weighted by Gasteiger charge is 2.38. The number of hydrogen-bond donors (Lipinski definition) is 1. The first kappa shape index (κ1) is 17.2. The molecule has 0 saturated carbocycles. The monoisotopic (exact) mass is 331 g/mol. The summed E-state index contributed by atoms with van der Waals surface area (Å²) in [5.41, 5.74) is 0.614. The van der Waals surface area contributed by atoms with E-state index in [0.29, 0.717) is 11.3 Å². The number of halogens is 3. The van der Waals surface area contributed by atoms with Gasteiger partial charge in [0.1, 0.15) is 5.75 Å². The highest BCUT2D eigenvalue weighted by Crippen LogP contribution is 2.27. The zero-order valence-electron chi connectivity index (χ0n) is 12.5. The number of nitrogens with zero attached hydrogens (tertiary/aromatic N) is 3. The van der Waals surface area contributed by atoms with Crippen LogP contribution >= 0.6 is 0 Å². The first-order valence-corrected chi connectivity index (χ1v) is 6.70. The lowest BCUT2D eigenvalue weighted by Crippen LogP contribution is -2.39. The highest BCUT2D eigenvalue weighted by atomic mass is 19.4.